The number of amides is 1. The highest BCUT2D eigenvalue weighted by atomic mass is 16.5. The normalized spacial score (nSPS) is 16.0. The number of benzene rings is 3. The fourth-order valence-electron chi connectivity index (χ4n) is 4.20. The van der Waals surface area contributed by atoms with Gasteiger partial charge in [0.05, 0.1) is 43.1 Å². The second-order valence-electron chi connectivity index (χ2n) is 8.22. The topological polar surface area (TPSA) is 97.7 Å². The zero-order valence-corrected chi connectivity index (χ0v) is 19.7. The first-order valence-electron chi connectivity index (χ1n) is 11.3. The Labute approximate surface area is 204 Å². The summed E-state index contributed by atoms with van der Waals surface area (Å²) < 4.78 is 4.82. The summed E-state index contributed by atoms with van der Waals surface area (Å²) in [6, 6.07) is 26.2. The van der Waals surface area contributed by atoms with Crippen molar-refractivity contribution in [1.29, 1.82) is 5.26 Å². The monoisotopic (exact) mass is 469 g/mol. The SMILES string of the molecule is COC(=O)CCN(C(=O)C1(CNc2ccc(C#N)cc2)Nc2ccccc2N1C)c1ccccc1. The molecule has 0 bridgehead atoms. The average molecular weight is 470 g/mol. The number of para-hydroxylation sites is 3. The summed E-state index contributed by atoms with van der Waals surface area (Å²) in [5, 5.41) is 15.9. The molecule has 2 N–H and O–H groups in total. The summed E-state index contributed by atoms with van der Waals surface area (Å²) in [6.45, 7) is 0.393. The predicted octanol–water partition coefficient (Wildman–Crippen LogP) is 3.82. The molecule has 0 aromatic heterocycles. The van der Waals surface area contributed by atoms with E-state index in [0.29, 0.717) is 11.3 Å². The Morgan fingerprint density at radius 2 is 1.74 bits per heavy atom. The smallest absolute Gasteiger partial charge is 0.307 e. The van der Waals surface area contributed by atoms with Crippen LogP contribution in [0.2, 0.25) is 0 Å². The lowest BCUT2D eigenvalue weighted by atomic mass is 10.1. The van der Waals surface area contributed by atoms with E-state index in [9.17, 15) is 9.59 Å². The molecule has 0 radical (unpaired) electrons. The Bertz CT molecular complexity index is 1240. The molecule has 178 valence electrons. The van der Waals surface area contributed by atoms with Gasteiger partial charge in [0.25, 0.3) is 5.91 Å². The number of methoxy groups -OCH3 is 1. The molecule has 4 rings (SSSR count). The van der Waals surface area contributed by atoms with E-state index in [2.05, 4.69) is 16.7 Å². The van der Waals surface area contributed by atoms with Gasteiger partial charge in [-0.1, -0.05) is 30.3 Å². The molecular weight excluding hydrogens is 442 g/mol. The molecule has 0 spiro atoms. The van der Waals surface area contributed by atoms with Gasteiger partial charge in [-0.3, -0.25) is 9.59 Å². The van der Waals surface area contributed by atoms with Crippen molar-refractivity contribution in [2.24, 2.45) is 0 Å². The van der Waals surface area contributed by atoms with E-state index in [1.54, 1.807) is 17.0 Å². The third-order valence-corrected chi connectivity index (χ3v) is 6.18. The number of carbonyl (C=O) groups excluding carboxylic acids is 2. The van der Waals surface area contributed by atoms with Crippen molar-refractivity contribution >= 4 is 34.6 Å². The van der Waals surface area contributed by atoms with Gasteiger partial charge >= 0.3 is 5.97 Å². The summed E-state index contributed by atoms with van der Waals surface area (Å²) in [5.41, 5.74) is 2.58. The first kappa shape index (κ1) is 23.6. The minimum absolute atomic E-state index is 0.0624. The van der Waals surface area contributed by atoms with E-state index >= 15 is 0 Å². The summed E-state index contributed by atoms with van der Waals surface area (Å²) >= 11 is 0. The molecule has 3 aromatic rings. The molecule has 1 unspecified atom stereocenters. The molecule has 0 saturated heterocycles. The Balaban J connectivity index is 1.70. The highest BCUT2D eigenvalue weighted by Gasteiger charge is 2.50. The van der Waals surface area contributed by atoms with Crippen molar-refractivity contribution in [1.82, 2.24) is 0 Å². The van der Waals surface area contributed by atoms with Crippen LogP contribution < -0.4 is 20.4 Å². The van der Waals surface area contributed by atoms with Crippen LogP contribution in [0.25, 0.3) is 0 Å². The lowest BCUT2D eigenvalue weighted by molar-refractivity contribution is -0.140. The van der Waals surface area contributed by atoms with Gasteiger partial charge in [-0.05, 0) is 48.5 Å². The van der Waals surface area contributed by atoms with Gasteiger partial charge in [0.1, 0.15) is 0 Å². The maximum atomic E-state index is 14.4. The van der Waals surface area contributed by atoms with Gasteiger partial charge in [-0.2, -0.15) is 5.26 Å². The molecule has 8 nitrogen and oxygen atoms in total. The third-order valence-electron chi connectivity index (χ3n) is 6.18. The van der Waals surface area contributed by atoms with Gasteiger partial charge < -0.3 is 25.2 Å². The van der Waals surface area contributed by atoms with Crippen molar-refractivity contribution in [3.8, 4) is 6.07 Å². The van der Waals surface area contributed by atoms with Gasteiger partial charge in [-0.25, -0.2) is 0 Å². The number of anilines is 4. The van der Waals surface area contributed by atoms with Crippen molar-refractivity contribution in [2.75, 3.05) is 47.7 Å². The van der Waals surface area contributed by atoms with E-state index in [-0.39, 0.29) is 31.4 Å². The van der Waals surface area contributed by atoms with Crippen LogP contribution in [0.15, 0.2) is 78.9 Å². The maximum absolute atomic E-state index is 14.4. The molecule has 0 aliphatic carbocycles. The van der Waals surface area contributed by atoms with E-state index < -0.39 is 5.66 Å². The molecule has 1 aliphatic rings. The number of carbonyl (C=O) groups is 2. The van der Waals surface area contributed by atoms with Crippen molar-refractivity contribution in [3.05, 3.63) is 84.4 Å². The third kappa shape index (κ3) is 4.75. The van der Waals surface area contributed by atoms with Crippen LogP contribution in [0.5, 0.6) is 0 Å². The van der Waals surface area contributed by atoms with Crippen LogP contribution in [0, 0.1) is 11.3 Å². The van der Waals surface area contributed by atoms with Crippen LogP contribution >= 0.6 is 0 Å². The Kier molecular flexibility index (Phi) is 6.88. The largest absolute Gasteiger partial charge is 0.469 e. The highest BCUT2D eigenvalue weighted by molar-refractivity contribution is 6.07. The number of ether oxygens (including phenoxy) is 1. The number of hydrogen-bond acceptors (Lipinski definition) is 7. The molecular formula is C27H27N5O3. The second kappa shape index (κ2) is 10.2. The lowest BCUT2D eigenvalue weighted by Crippen LogP contribution is -2.65. The molecule has 3 aromatic carbocycles. The second-order valence-corrected chi connectivity index (χ2v) is 8.22. The summed E-state index contributed by atoms with van der Waals surface area (Å²) in [5.74, 6) is -0.605. The van der Waals surface area contributed by atoms with E-state index in [0.717, 1.165) is 17.1 Å². The van der Waals surface area contributed by atoms with Crippen LogP contribution in [0.3, 0.4) is 0 Å². The van der Waals surface area contributed by atoms with E-state index in [1.165, 1.54) is 7.11 Å². The number of nitriles is 1. The van der Waals surface area contributed by atoms with Crippen LogP contribution in [-0.2, 0) is 14.3 Å². The number of hydrogen-bond donors (Lipinski definition) is 2. The first-order chi connectivity index (χ1) is 17.0. The zero-order chi connectivity index (χ0) is 24.8. The molecule has 0 fully saturated rings. The van der Waals surface area contributed by atoms with Gasteiger partial charge in [0.15, 0.2) is 0 Å². The summed E-state index contributed by atoms with van der Waals surface area (Å²) in [4.78, 5) is 29.9. The van der Waals surface area contributed by atoms with Crippen molar-refractivity contribution in [3.63, 3.8) is 0 Å². The quantitative estimate of drug-likeness (QED) is 0.484. The minimum Gasteiger partial charge on any atom is -0.469 e. The number of nitrogens with zero attached hydrogens (tertiary/aromatic N) is 3. The number of nitrogens with one attached hydrogen (secondary N) is 2. The molecule has 35 heavy (non-hydrogen) atoms. The van der Waals surface area contributed by atoms with Gasteiger partial charge in [-0.15, -0.1) is 0 Å². The predicted molar refractivity (Wildman–Crippen MR) is 136 cm³/mol. The molecule has 1 atom stereocenters. The summed E-state index contributed by atoms with van der Waals surface area (Å²) in [7, 11) is 3.21. The number of fused-ring (bicyclic) bond motifs is 1. The Morgan fingerprint density at radius 3 is 2.40 bits per heavy atom. The van der Waals surface area contributed by atoms with Crippen LogP contribution in [-0.4, -0.2) is 44.8 Å². The van der Waals surface area contributed by atoms with Crippen molar-refractivity contribution in [2.45, 2.75) is 12.1 Å². The molecule has 1 heterocycles. The van der Waals surface area contributed by atoms with Crippen molar-refractivity contribution < 1.29 is 14.3 Å². The molecule has 1 aliphatic heterocycles. The Morgan fingerprint density at radius 1 is 1.06 bits per heavy atom. The minimum atomic E-state index is -1.18. The van der Waals surface area contributed by atoms with Crippen LogP contribution in [0.4, 0.5) is 22.7 Å². The van der Waals surface area contributed by atoms with Gasteiger partial charge in [0, 0.05) is 25.0 Å². The van der Waals surface area contributed by atoms with E-state index in [1.807, 2.05) is 78.7 Å². The number of likely N-dealkylation sites (N-methyl/N-ethyl adjacent to an activating group) is 1. The molecule has 8 heteroatoms. The summed E-state index contributed by atoms with van der Waals surface area (Å²) in [6.07, 6.45) is 0.0624. The fourth-order valence-corrected chi connectivity index (χ4v) is 4.20. The van der Waals surface area contributed by atoms with Crippen LogP contribution in [0.1, 0.15) is 12.0 Å². The zero-order valence-electron chi connectivity index (χ0n) is 19.7. The molecule has 0 saturated carbocycles. The number of esters is 1. The Hall–Kier alpha value is -4.51. The fraction of sp³-hybridized carbons (Fsp3) is 0.222. The standard InChI is InChI=1S/C27H27N5O3/c1-31-24-11-7-6-10-23(24)30-27(31,19-29-21-14-12-20(18-28)13-15-21)26(34)32(17-16-25(33)35-2)22-8-4-3-5-9-22/h3-15,29-30H,16-17,19H2,1-2H3. The van der Waals surface area contributed by atoms with Gasteiger partial charge in [0.2, 0.25) is 5.66 Å². The van der Waals surface area contributed by atoms with E-state index in [4.69, 9.17) is 10.00 Å². The first-order valence-corrected chi connectivity index (χ1v) is 11.3. The maximum Gasteiger partial charge on any atom is 0.307 e. The lowest BCUT2D eigenvalue weighted by Gasteiger charge is -2.40. The number of rotatable bonds is 8. The molecule has 1 amide bonds. The highest BCUT2D eigenvalue weighted by Crippen LogP contribution is 2.40. The average Bonchev–Trinajstić information content (AvgIpc) is 3.20.